The third kappa shape index (κ3) is 3.54. The summed E-state index contributed by atoms with van der Waals surface area (Å²) in [6, 6.07) is 23.4. The average molecular weight is 461 g/mol. The van der Waals surface area contributed by atoms with Crippen LogP contribution in [0.25, 0.3) is 33.2 Å². The summed E-state index contributed by atoms with van der Waals surface area (Å²) in [5.74, 6) is 0.700. The van der Waals surface area contributed by atoms with Crippen LogP contribution in [0.1, 0.15) is 81.5 Å². The van der Waals surface area contributed by atoms with Gasteiger partial charge in [-0.25, -0.2) is 4.57 Å². The molecule has 1 heteroatoms. The van der Waals surface area contributed by atoms with Gasteiger partial charge in [-0.05, 0) is 94.8 Å². The van der Waals surface area contributed by atoms with Gasteiger partial charge in [0.2, 0.25) is 5.69 Å². The summed E-state index contributed by atoms with van der Waals surface area (Å²) in [6.45, 7) is 11.9. The van der Waals surface area contributed by atoms with Crippen molar-refractivity contribution in [2.75, 3.05) is 0 Å². The summed E-state index contributed by atoms with van der Waals surface area (Å²) >= 11 is 0. The molecule has 0 saturated heterocycles. The highest BCUT2D eigenvalue weighted by Crippen LogP contribution is 2.50. The molecule has 0 unspecified atom stereocenters. The zero-order chi connectivity index (χ0) is 24.5. The molecule has 0 amide bonds. The van der Waals surface area contributed by atoms with Gasteiger partial charge in [0.25, 0.3) is 0 Å². The Balaban J connectivity index is 1.47. The molecule has 0 spiro atoms. The monoisotopic (exact) mass is 460 g/mol. The molecule has 0 N–H and O–H groups in total. The van der Waals surface area contributed by atoms with E-state index in [1.165, 1.54) is 81.1 Å². The van der Waals surface area contributed by atoms with Crippen LogP contribution >= 0.6 is 0 Å². The number of pyridine rings is 1. The molecule has 2 aliphatic rings. The van der Waals surface area contributed by atoms with Crippen LogP contribution in [0, 0.1) is 12.3 Å². The Hall–Kier alpha value is -2.93. The summed E-state index contributed by atoms with van der Waals surface area (Å²) in [7, 11) is 2.19. The van der Waals surface area contributed by atoms with E-state index in [-0.39, 0.29) is 5.41 Å². The summed E-state index contributed by atoms with van der Waals surface area (Å²) in [5, 5.41) is 2.72. The third-order valence-corrected chi connectivity index (χ3v) is 9.16. The highest BCUT2D eigenvalue weighted by Gasteiger charge is 2.36. The number of hydrogen-bond acceptors (Lipinski definition) is 0. The van der Waals surface area contributed by atoms with Crippen molar-refractivity contribution in [3.63, 3.8) is 0 Å². The van der Waals surface area contributed by atoms with E-state index in [2.05, 4.69) is 113 Å². The Morgan fingerprint density at radius 3 is 2.29 bits per heavy atom. The number of fused-ring (bicyclic) bond motifs is 4. The van der Waals surface area contributed by atoms with E-state index in [1.54, 1.807) is 0 Å². The minimum Gasteiger partial charge on any atom is -0.200 e. The van der Waals surface area contributed by atoms with E-state index in [9.17, 15) is 0 Å². The van der Waals surface area contributed by atoms with Crippen LogP contribution in [0.5, 0.6) is 0 Å². The van der Waals surface area contributed by atoms with E-state index in [0.717, 1.165) is 0 Å². The standard InChI is InChI=1S/C34H38N/c1-22-19-29-27-9-7-8-10-30(27)34(4,5)31(29)21-28(22)32-26-12-11-24(20-25(26)15-18-35(32)6)23-13-16-33(2,3)17-14-23/h7-12,15,18-21,23H,13-14,16-17H2,1-6H3/q+1. The first kappa shape index (κ1) is 22.5. The van der Waals surface area contributed by atoms with Crippen molar-refractivity contribution in [1.29, 1.82) is 0 Å². The van der Waals surface area contributed by atoms with E-state index in [1.807, 2.05) is 0 Å². The first-order chi connectivity index (χ1) is 16.7. The van der Waals surface area contributed by atoms with Gasteiger partial charge in [0.1, 0.15) is 7.05 Å². The Kier molecular flexibility index (Phi) is 5.01. The summed E-state index contributed by atoms with van der Waals surface area (Å²) in [4.78, 5) is 0. The normalized spacial score (nSPS) is 18.5. The summed E-state index contributed by atoms with van der Waals surface area (Å²) < 4.78 is 2.31. The Bertz CT molecular complexity index is 1460. The molecule has 178 valence electrons. The Morgan fingerprint density at radius 2 is 1.51 bits per heavy atom. The van der Waals surface area contributed by atoms with Crippen LogP contribution in [-0.2, 0) is 12.5 Å². The lowest BCUT2D eigenvalue weighted by Crippen LogP contribution is -2.31. The summed E-state index contributed by atoms with van der Waals surface area (Å²) in [5.41, 5.74) is 11.7. The average Bonchev–Trinajstić information content (AvgIpc) is 3.05. The van der Waals surface area contributed by atoms with E-state index in [4.69, 9.17) is 0 Å². The number of hydrogen-bond donors (Lipinski definition) is 0. The molecule has 1 heterocycles. The Labute approximate surface area is 210 Å². The van der Waals surface area contributed by atoms with E-state index < -0.39 is 0 Å². The number of aryl methyl sites for hydroxylation is 2. The van der Waals surface area contributed by atoms with Crippen molar-refractivity contribution in [3.05, 3.63) is 89.1 Å². The van der Waals surface area contributed by atoms with Crippen LogP contribution in [0.15, 0.2) is 66.9 Å². The number of nitrogens with zero attached hydrogens (tertiary/aromatic N) is 1. The first-order valence-corrected chi connectivity index (χ1v) is 13.3. The molecule has 0 radical (unpaired) electrons. The highest BCUT2D eigenvalue weighted by molar-refractivity contribution is 5.95. The van der Waals surface area contributed by atoms with Gasteiger partial charge in [-0.15, -0.1) is 0 Å². The van der Waals surface area contributed by atoms with Crippen LogP contribution in [0.3, 0.4) is 0 Å². The molecule has 1 saturated carbocycles. The molecule has 0 bridgehead atoms. The van der Waals surface area contributed by atoms with Crippen molar-refractivity contribution in [2.24, 2.45) is 12.5 Å². The van der Waals surface area contributed by atoms with Crippen molar-refractivity contribution in [1.82, 2.24) is 0 Å². The molecule has 1 fully saturated rings. The molecule has 0 aliphatic heterocycles. The molecule has 2 aliphatic carbocycles. The molecule has 0 atom stereocenters. The van der Waals surface area contributed by atoms with Crippen LogP contribution in [-0.4, -0.2) is 0 Å². The minimum atomic E-state index is 0.0134. The van der Waals surface area contributed by atoms with Gasteiger partial charge in [0.15, 0.2) is 6.20 Å². The zero-order valence-corrected chi connectivity index (χ0v) is 22.2. The van der Waals surface area contributed by atoms with Gasteiger partial charge in [0, 0.05) is 11.5 Å². The van der Waals surface area contributed by atoms with Crippen LogP contribution in [0.4, 0.5) is 0 Å². The van der Waals surface area contributed by atoms with Gasteiger partial charge >= 0.3 is 0 Å². The Morgan fingerprint density at radius 1 is 0.771 bits per heavy atom. The lowest BCUT2D eigenvalue weighted by Gasteiger charge is -2.34. The number of aromatic nitrogens is 1. The number of benzene rings is 3. The second-order valence-electron chi connectivity index (χ2n) is 12.4. The predicted molar refractivity (Wildman–Crippen MR) is 148 cm³/mol. The predicted octanol–water partition coefficient (Wildman–Crippen LogP) is 8.63. The molecule has 1 aromatic heterocycles. The maximum atomic E-state index is 2.48. The van der Waals surface area contributed by atoms with E-state index >= 15 is 0 Å². The second kappa shape index (κ2) is 7.79. The minimum absolute atomic E-state index is 0.0134. The first-order valence-electron chi connectivity index (χ1n) is 13.3. The van der Waals surface area contributed by atoms with Crippen molar-refractivity contribution < 1.29 is 4.57 Å². The largest absolute Gasteiger partial charge is 0.220 e. The van der Waals surface area contributed by atoms with Crippen LogP contribution < -0.4 is 4.57 Å². The smallest absolute Gasteiger partial charge is 0.200 e. The lowest BCUT2D eigenvalue weighted by atomic mass is 9.71. The number of rotatable bonds is 2. The molecule has 6 rings (SSSR count). The zero-order valence-electron chi connectivity index (χ0n) is 22.2. The lowest BCUT2D eigenvalue weighted by molar-refractivity contribution is -0.659. The maximum absolute atomic E-state index is 2.48. The fraction of sp³-hybridized carbons (Fsp3) is 0.382. The van der Waals surface area contributed by atoms with E-state index in [0.29, 0.717) is 11.3 Å². The van der Waals surface area contributed by atoms with Crippen molar-refractivity contribution in [2.45, 2.75) is 71.6 Å². The maximum Gasteiger partial charge on any atom is 0.220 e. The van der Waals surface area contributed by atoms with Gasteiger partial charge in [-0.2, -0.15) is 0 Å². The second-order valence-corrected chi connectivity index (χ2v) is 12.4. The molecule has 3 aromatic carbocycles. The third-order valence-electron chi connectivity index (χ3n) is 9.16. The van der Waals surface area contributed by atoms with Crippen LogP contribution in [0.2, 0.25) is 0 Å². The topological polar surface area (TPSA) is 3.88 Å². The molecular formula is C34H38N+. The molecule has 35 heavy (non-hydrogen) atoms. The van der Waals surface area contributed by atoms with Gasteiger partial charge < -0.3 is 0 Å². The fourth-order valence-corrected chi connectivity index (χ4v) is 6.82. The molecular weight excluding hydrogens is 422 g/mol. The fourth-order valence-electron chi connectivity index (χ4n) is 6.82. The SMILES string of the molecule is Cc1cc2c(cc1-c1c3ccc(C4CCC(C)(C)CC4)cc3cc[n+]1C)C(C)(C)c1ccccc1-2. The molecule has 1 nitrogen and oxygen atoms in total. The molecule has 4 aromatic rings. The van der Waals surface area contributed by atoms with Crippen molar-refractivity contribution in [3.8, 4) is 22.4 Å². The summed E-state index contributed by atoms with van der Waals surface area (Å²) in [6.07, 6.45) is 7.53. The van der Waals surface area contributed by atoms with Gasteiger partial charge in [-0.1, -0.05) is 70.2 Å². The van der Waals surface area contributed by atoms with Gasteiger partial charge in [-0.3, -0.25) is 0 Å². The highest BCUT2D eigenvalue weighted by atomic mass is 14.9. The quantitative estimate of drug-likeness (QED) is 0.264. The van der Waals surface area contributed by atoms with Crippen molar-refractivity contribution >= 4 is 10.8 Å². The van der Waals surface area contributed by atoms with Gasteiger partial charge in [0.05, 0.1) is 10.9 Å².